The van der Waals surface area contributed by atoms with E-state index in [1.165, 1.54) is 36.4 Å². The maximum Gasteiger partial charge on any atom is 0.261 e. The number of rotatable bonds is 6. The number of halogens is 1. The number of imide groups is 1. The van der Waals surface area contributed by atoms with Gasteiger partial charge in [0.2, 0.25) is 0 Å². The van der Waals surface area contributed by atoms with Crippen molar-refractivity contribution >= 4 is 44.4 Å². The largest absolute Gasteiger partial charge is 0.385 e. The van der Waals surface area contributed by atoms with E-state index in [9.17, 15) is 18.8 Å². The van der Waals surface area contributed by atoms with Gasteiger partial charge in [-0.15, -0.1) is 0 Å². The van der Waals surface area contributed by atoms with E-state index in [1.54, 1.807) is 7.11 Å². The molecule has 0 unspecified atom stereocenters. The van der Waals surface area contributed by atoms with Crippen molar-refractivity contribution in [2.75, 3.05) is 25.6 Å². The summed E-state index contributed by atoms with van der Waals surface area (Å²) in [5.41, 5.74) is 1.29. The fourth-order valence-corrected chi connectivity index (χ4v) is 4.01. The molecule has 1 aromatic heterocycles. The van der Waals surface area contributed by atoms with Crippen LogP contribution >= 0.6 is 11.3 Å². The summed E-state index contributed by atoms with van der Waals surface area (Å²) in [7, 11) is 1.55. The minimum atomic E-state index is -0.467. The number of carbonyl (C=O) groups excluding carboxylic acids is 3. The Kier molecular flexibility index (Phi) is 5.08. The number of thiazole rings is 1. The molecule has 1 aliphatic rings. The van der Waals surface area contributed by atoms with Gasteiger partial charge in [0.25, 0.3) is 17.7 Å². The third-order valence-electron chi connectivity index (χ3n) is 4.53. The fourth-order valence-electron chi connectivity index (χ4n) is 3.12. The summed E-state index contributed by atoms with van der Waals surface area (Å²) in [5, 5.41) is 2.98. The molecule has 0 bridgehead atoms. The highest BCUT2D eigenvalue weighted by atomic mass is 32.1. The van der Waals surface area contributed by atoms with Crippen LogP contribution in [-0.4, -0.2) is 47.9 Å². The number of carbonyl (C=O) groups is 3. The highest BCUT2D eigenvalue weighted by Crippen LogP contribution is 2.28. The predicted molar refractivity (Wildman–Crippen MR) is 106 cm³/mol. The molecule has 29 heavy (non-hydrogen) atoms. The molecule has 0 atom stereocenters. The van der Waals surface area contributed by atoms with Gasteiger partial charge in [0, 0.05) is 25.8 Å². The zero-order chi connectivity index (χ0) is 20.5. The number of nitrogens with one attached hydrogen (secondary N) is 1. The predicted octanol–water partition coefficient (Wildman–Crippen LogP) is 3.32. The number of ether oxygens (including phenoxy) is 1. The normalized spacial score (nSPS) is 13.2. The molecular formula is C20H16FN3O4S. The summed E-state index contributed by atoms with van der Waals surface area (Å²) in [5.74, 6) is -1.64. The second-order valence-electron chi connectivity index (χ2n) is 6.45. The number of anilines is 1. The van der Waals surface area contributed by atoms with Crippen LogP contribution in [0.1, 0.15) is 37.5 Å². The van der Waals surface area contributed by atoms with Crippen LogP contribution in [0.15, 0.2) is 36.4 Å². The Balaban J connectivity index is 1.53. The number of fused-ring (bicyclic) bond motifs is 2. The minimum Gasteiger partial charge on any atom is -0.385 e. The lowest BCUT2D eigenvalue weighted by Crippen LogP contribution is -2.31. The van der Waals surface area contributed by atoms with Gasteiger partial charge in [0.05, 0.1) is 21.3 Å². The van der Waals surface area contributed by atoms with Crippen molar-refractivity contribution in [3.63, 3.8) is 0 Å². The van der Waals surface area contributed by atoms with E-state index < -0.39 is 11.8 Å². The Morgan fingerprint density at radius 2 is 1.97 bits per heavy atom. The minimum absolute atomic E-state index is 0.200. The second kappa shape index (κ2) is 7.69. The number of nitrogens with zero attached hydrogens (tertiary/aromatic N) is 2. The van der Waals surface area contributed by atoms with Crippen LogP contribution in [0, 0.1) is 5.82 Å². The van der Waals surface area contributed by atoms with Crippen molar-refractivity contribution in [2.24, 2.45) is 0 Å². The Morgan fingerprint density at radius 1 is 1.17 bits per heavy atom. The number of hydrogen-bond acceptors (Lipinski definition) is 6. The number of methoxy groups -OCH3 is 1. The van der Waals surface area contributed by atoms with E-state index in [0.717, 1.165) is 16.2 Å². The van der Waals surface area contributed by atoms with E-state index in [4.69, 9.17) is 4.74 Å². The molecule has 0 radical (unpaired) electrons. The molecular weight excluding hydrogens is 397 g/mol. The molecule has 148 valence electrons. The zero-order valence-electron chi connectivity index (χ0n) is 15.4. The first-order valence-corrected chi connectivity index (χ1v) is 9.66. The third kappa shape index (κ3) is 3.62. The van der Waals surface area contributed by atoms with Crippen LogP contribution in [0.4, 0.5) is 9.52 Å². The summed E-state index contributed by atoms with van der Waals surface area (Å²) in [4.78, 5) is 43.0. The van der Waals surface area contributed by atoms with E-state index in [-0.39, 0.29) is 35.0 Å². The van der Waals surface area contributed by atoms with E-state index in [0.29, 0.717) is 28.4 Å². The first-order valence-electron chi connectivity index (χ1n) is 8.84. The van der Waals surface area contributed by atoms with Crippen LogP contribution in [-0.2, 0) is 4.74 Å². The average Bonchev–Trinajstić information content (AvgIpc) is 3.20. The fraction of sp³-hybridized carbons (Fsp3) is 0.200. The van der Waals surface area contributed by atoms with Crippen molar-refractivity contribution in [1.82, 2.24) is 9.88 Å². The summed E-state index contributed by atoms with van der Waals surface area (Å²) in [6.45, 7) is 0.692. The highest BCUT2D eigenvalue weighted by Gasteiger charge is 2.35. The Hall–Kier alpha value is -3.17. The molecule has 3 amide bonds. The molecule has 1 N–H and O–H groups in total. The van der Waals surface area contributed by atoms with Gasteiger partial charge < -0.3 is 4.74 Å². The Labute approximate surface area is 169 Å². The molecule has 7 nitrogen and oxygen atoms in total. The lowest BCUT2D eigenvalue weighted by molar-refractivity contribution is 0.0638. The molecule has 0 saturated carbocycles. The summed E-state index contributed by atoms with van der Waals surface area (Å²) < 4.78 is 18.9. The number of hydrogen-bond donors (Lipinski definition) is 1. The third-order valence-corrected chi connectivity index (χ3v) is 5.47. The zero-order valence-corrected chi connectivity index (χ0v) is 16.2. The van der Waals surface area contributed by atoms with Gasteiger partial charge in [-0.05, 0) is 42.8 Å². The van der Waals surface area contributed by atoms with Gasteiger partial charge in [-0.3, -0.25) is 24.6 Å². The molecule has 0 fully saturated rings. The monoisotopic (exact) mass is 413 g/mol. The van der Waals surface area contributed by atoms with Gasteiger partial charge in [0.15, 0.2) is 5.13 Å². The lowest BCUT2D eigenvalue weighted by atomic mass is 10.1. The summed E-state index contributed by atoms with van der Waals surface area (Å²) in [6, 6.07) is 8.57. The van der Waals surface area contributed by atoms with Gasteiger partial charge in [-0.2, -0.15) is 0 Å². The van der Waals surface area contributed by atoms with Crippen LogP contribution in [0.2, 0.25) is 0 Å². The molecule has 1 aliphatic heterocycles. The first-order chi connectivity index (χ1) is 14.0. The topological polar surface area (TPSA) is 88.6 Å². The summed E-state index contributed by atoms with van der Waals surface area (Å²) in [6.07, 6.45) is 0.535. The SMILES string of the molecule is COCCCN1C(=O)c2ccc(C(=O)Nc3nc4ccc(F)cc4s3)cc2C1=O. The highest BCUT2D eigenvalue weighted by molar-refractivity contribution is 7.22. The van der Waals surface area contributed by atoms with Crippen molar-refractivity contribution in [3.8, 4) is 0 Å². The van der Waals surface area contributed by atoms with Crippen molar-refractivity contribution in [3.05, 3.63) is 58.9 Å². The van der Waals surface area contributed by atoms with Crippen LogP contribution in [0.25, 0.3) is 10.2 Å². The van der Waals surface area contributed by atoms with Crippen molar-refractivity contribution in [1.29, 1.82) is 0 Å². The molecule has 2 heterocycles. The Morgan fingerprint density at radius 3 is 2.76 bits per heavy atom. The lowest BCUT2D eigenvalue weighted by Gasteiger charge is -2.12. The molecule has 2 aromatic carbocycles. The maximum atomic E-state index is 13.3. The molecule has 0 saturated heterocycles. The van der Waals surface area contributed by atoms with Crippen LogP contribution < -0.4 is 5.32 Å². The van der Waals surface area contributed by atoms with Crippen LogP contribution in [0.3, 0.4) is 0 Å². The smallest absolute Gasteiger partial charge is 0.261 e. The average molecular weight is 413 g/mol. The quantitative estimate of drug-likeness (QED) is 0.495. The standard InChI is InChI=1S/C20H16FN3O4S/c1-28-8-2-7-24-18(26)13-5-3-11(9-14(13)19(24)27)17(25)23-20-22-15-6-4-12(21)10-16(15)29-20/h3-6,9-10H,2,7-8H2,1H3,(H,22,23,25). The van der Waals surface area contributed by atoms with Gasteiger partial charge in [0.1, 0.15) is 5.82 Å². The first kappa shape index (κ1) is 19.2. The van der Waals surface area contributed by atoms with E-state index >= 15 is 0 Å². The van der Waals surface area contributed by atoms with Crippen molar-refractivity contribution < 1.29 is 23.5 Å². The molecule has 3 aromatic rings. The Bertz CT molecular complexity index is 1140. The second-order valence-corrected chi connectivity index (χ2v) is 7.48. The van der Waals surface area contributed by atoms with Crippen molar-refractivity contribution in [2.45, 2.75) is 6.42 Å². The maximum absolute atomic E-state index is 13.3. The molecule has 0 aliphatic carbocycles. The molecule has 9 heteroatoms. The molecule has 4 rings (SSSR count). The van der Waals surface area contributed by atoms with Gasteiger partial charge >= 0.3 is 0 Å². The van der Waals surface area contributed by atoms with E-state index in [1.807, 2.05) is 0 Å². The van der Waals surface area contributed by atoms with Gasteiger partial charge in [-0.1, -0.05) is 11.3 Å². The van der Waals surface area contributed by atoms with E-state index in [2.05, 4.69) is 10.3 Å². The number of amides is 3. The number of aromatic nitrogens is 1. The van der Waals surface area contributed by atoms with Crippen LogP contribution in [0.5, 0.6) is 0 Å². The summed E-state index contributed by atoms with van der Waals surface area (Å²) >= 11 is 1.15. The van der Waals surface area contributed by atoms with Gasteiger partial charge in [-0.25, -0.2) is 9.37 Å². The number of benzene rings is 2. The molecule has 0 spiro atoms.